The van der Waals surface area contributed by atoms with Gasteiger partial charge in [0.05, 0.1) is 0 Å². The molecule has 0 bridgehead atoms. The lowest BCUT2D eigenvalue weighted by atomic mass is 9.94. The predicted molar refractivity (Wildman–Crippen MR) is 78.1 cm³/mol. The van der Waals surface area contributed by atoms with Crippen LogP contribution >= 0.6 is 0 Å². The van der Waals surface area contributed by atoms with Gasteiger partial charge in [0.1, 0.15) is 0 Å². The summed E-state index contributed by atoms with van der Waals surface area (Å²) in [6, 6.07) is 8.36. The molecule has 4 heteroatoms. The Morgan fingerprint density at radius 1 is 1.24 bits per heavy atom. The highest BCUT2D eigenvalue weighted by molar-refractivity contribution is 5.28. The van der Waals surface area contributed by atoms with Gasteiger partial charge in [-0.2, -0.15) is 4.98 Å². The molecule has 0 amide bonds. The number of rotatable bonds is 3. The van der Waals surface area contributed by atoms with Gasteiger partial charge < -0.3 is 9.26 Å². The molecule has 4 rings (SSSR count). The lowest BCUT2D eigenvalue weighted by molar-refractivity contribution is 0.0544. The molecule has 1 unspecified atom stereocenters. The van der Waals surface area contributed by atoms with Crippen molar-refractivity contribution in [2.24, 2.45) is 5.41 Å². The van der Waals surface area contributed by atoms with E-state index < -0.39 is 0 Å². The first kappa shape index (κ1) is 13.0. The van der Waals surface area contributed by atoms with E-state index >= 15 is 0 Å². The summed E-state index contributed by atoms with van der Waals surface area (Å²) in [6.07, 6.45) is 4.20. The van der Waals surface area contributed by atoms with Crippen molar-refractivity contribution in [3.05, 3.63) is 47.1 Å². The molecule has 1 saturated carbocycles. The Kier molecular flexibility index (Phi) is 3.07. The van der Waals surface area contributed by atoms with Gasteiger partial charge in [-0.1, -0.05) is 29.4 Å². The molecule has 1 atom stereocenters. The van der Waals surface area contributed by atoms with Crippen molar-refractivity contribution < 1.29 is 9.26 Å². The topological polar surface area (TPSA) is 48.2 Å². The van der Waals surface area contributed by atoms with E-state index in [1.165, 1.54) is 17.5 Å². The van der Waals surface area contributed by atoms with E-state index in [0.717, 1.165) is 44.2 Å². The molecule has 1 saturated heterocycles. The summed E-state index contributed by atoms with van der Waals surface area (Å²) in [7, 11) is 0. The Labute approximate surface area is 124 Å². The van der Waals surface area contributed by atoms with E-state index in [1.54, 1.807) is 0 Å². The monoisotopic (exact) mass is 284 g/mol. The van der Waals surface area contributed by atoms with Crippen LogP contribution in [0, 0.1) is 12.3 Å². The summed E-state index contributed by atoms with van der Waals surface area (Å²) >= 11 is 0. The summed E-state index contributed by atoms with van der Waals surface area (Å²) in [6.45, 7) is 3.87. The average Bonchev–Trinajstić information content (AvgIpc) is 2.98. The molecule has 1 aliphatic heterocycles. The third kappa shape index (κ3) is 2.38. The Bertz CT molecular complexity index is 644. The van der Waals surface area contributed by atoms with E-state index in [1.807, 2.05) is 0 Å². The van der Waals surface area contributed by atoms with E-state index in [2.05, 4.69) is 41.3 Å². The summed E-state index contributed by atoms with van der Waals surface area (Å²) in [5, 5.41) is 4.17. The third-order valence-electron chi connectivity index (χ3n) is 5.07. The fourth-order valence-electron chi connectivity index (χ4n) is 3.49. The molecule has 2 heterocycles. The summed E-state index contributed by atoms with van der Waals surface area (Å²) in [5.74, 6) is 2.09. The van der Waals surface area contributed by atoms with Gasteiger partial charge in [-0.25, -0.2) is 0 Å². The van der Waals surface area contributed by atoms with Crippen LogP contribution in [-0.4, -0.2) is 23.4 Å². The normalized spacial score (nSPS) is 23.4. The zero-order valence-electron chi connectivity index (χ0n) is 12.3. The van der Waals surface area contributed by atoms with Crippen LogP contribution < -0.4 is 0 Å². The molecule has 2 aromatic rings. The molecule has 2 aliphatic rings. The standard InChI is InChI=1S/C17H20N2O2/c1-12-4-2-3-5-13(12)10-15-18-16(21-19-15)14-11-17(14)6-8-20-9-7-17/h2-5,14H,6-11H2,1H3. The van der Waals surface area contributed by atoms with Crippen molar-refractivity contribution in [3.63, 3.8) is 0 Å². The van der Waals surface area contributed by atoms with Crippen molar-refractivity contribution in [1.29, 1.82) is 0 Å². The number of benzene rings is 1. The summed E-state index contributed by atoms with van der Waals surface area (Å²) in [5.41, 5.74) is 2.93. The highest BCUT2D eigenvalue weighted by Gasteiger charge is 2.57. The number of hydrogen-bond donors (Lipinski definition) is 0. The van der Waals surface area contributed by atoms with Crippen LogP contribution in [0.1, 0.15) is 48.0 Å². The van der Waals surface area contributed by atoms with Gasteiger partial charge in [0.2, 0.25) is 5.89 Å². The number of hydrogen-bond acceptors (Lipinski definition) is 4. The van der Waals surface area contributed by atoms with Gasteiger partial charge in [-0.05, 0) is 42.7 Å². The van der Waals surface area contributed by atoms with Gasteiger partial charge in [-0.3, -0.25) is 0 Å². The quantitative estimate of drug-likeness (QED) is 0.868. The van der Waals surface area contributed by atoms with Gasteiger partial charge in [-0.15, -0.1) is 0 Å². The average molecular weight is 284 g/mol. The molecule has 1 aromatic heterocycles. The predicted octanol–water partition coefficient (Wildman–Crippen LogP) is 3.25. The van der Waals surface area contributed by atoms with Gasteiger partial charge in [0.15, 0.2) is 5.82 Å². The minimum absolute atomic E-state index is 0.394. The molecule has 4 nitrogen and oxygen atoms in total. The maximum atomic E-state index is 5.53. The van der Waals surface area contributed by atoms with Crippen LogP contribution in [0.5, 0.6) is 0 Å². The molecular weight excluding hydrogens is 264 g/mol. The number of ether oxygens (including phenoxy) is 1. The molecule has 0 radical (unpaired) electrons. The van der Waals surface area contributed by atoms with Crippen molar-refractivity contribution in [2.75, 3.05) is 13.2 Å². The lowest BCUT2D eigenvalue weighted by Crippen LogP contribution is -2.18. The molecule has 0 N–H and O–H groups in total. The van der Waals surface area contributed by atoms with Crippen LogP contribution in [0.2, 0.25) is 0 Å². The minimum Gasteiger partial charge on any atom is -0.381 e. The zero-order valence-corrected chi connectivity index (χ0v) is 12.3. The SMILES string of the molecule is Cc1ccccc1Cc1noc(C2CC23CCOCC3)n1. The van der Waals surface area contributed by atoms with E-state index in [-0.39, 0.29) is 0 Å². The maximum absolute atomic E-state index is 5.53. The van der Waals surface area contributed by atoms with Crippen LogP contribution in [-0.2, 0) is 11.2 Å². The summed E-state index contributed by atoms with van der Waals surface area (Å²) < 4.78 is 11.0. The van der Waals surface area contributed by atoms with Crippen molar-refractivity contribution in [2.45, 2.75) is 38.5 Å². The van der Waals surface area contributed by atoms with Gasteiger partial charge in [0, 0.05) is 25.6 Å². The van der Waals surface area contributed by atoms with Crippen LogP contribution in [0.4, 0.5) is 0 Å². The molecule has 2 fully saturated rings. The Hall–Kier alpha value is -1.68. The maximum Gasteiger partial charge on any atom is 0.230 e. The number of aryl methyl sites for hydroxylation is 1. The highest BCUT2D eigenvalue weighted by Crippen LogP contribution is 2.64. The third-order valence-corrected chi connectivity index (χ3v) is 5.07. The van der Waals surface area contributed by atoms with Crippen LogP contribution in [0.25, 0.3) is 0 Å². The van der Waals surface area contributed by atoms with Crippen LogP contribution in [0.3, 0.4) is 0 Å². The fraction of sp³-hybridized carbons (Fsp3) is 0.529. The molecule has 1 spiro atoms. The molecular formula is C17H20N2O2. The number of nitrogens with zero attached hydrogens (tertiary/aromatic N) is 2. The fourth-order valence-corrected chi connectivity index (χ4v) is 3.49. The van der Waals surface area contributed by atoms with Crippen molar-refractivity contribution in [3.8, 4) is 0 Å². The first-order valence-electron chi connectivity index (χ1n) is 7.72. The highest BCUT2D eigenvalue weighted by atomic mass is 16.5. The number of aromatic nitrogens is 2. The van der Waals surface area contributed by atoms with Crippen LogP contribution in [0.15, 0.2) is 28.8 Å². The van der Waals surface area contributed by atoms with Gasteiger partial charge in [0.25, 0.3) is 0 Å². The van der Waals surface area contributed by atoms with Gasteiger partial charge >= 0.3 is 0 Å². The molecule has 1 aromatic carbocycles. The second-order valence-electron chi connectivity index (χ2n) is 6.38. The molecule has 1 aliphatic carbocycles. The van der Waals surface area contributed by atoms with Crippen molar-refractivity contribution >= 4 is 0 Å². The second kappa shape index (κ2) is 4.95. The van der Waals surface area contributed by atoms with E-state index in [9.17, 15) is 0 Å². The first-order chi connectivity index (χ1) is 10.3. The van der Waals surface area contributed by atoms with Crippen molar-refractivity contribution in [1.82, 2.24) is 10.1 Å². The minimum atomic E-state index is 0.394. The van der Waals surface area contributed by atoms with E-state index in [4.69, 9.17) is 9.26 Å². The molecule has 21 heavy (non-hydrogen) atoms. The largest absolute Gasteiger partial charge is 0.381 e. The summed E-state index contributed by atoms with van der Waals surface area (Å²) in [4.78, 5) is 4.64. The molecule has 110 valence electrons. The lowest BCUT2D eigenvalue weighted by Gasteiger charge is -2.21. The smallest absolute Gasteiger partial charge is 0.230 e. The first-order valence-corrected chi connectivity index (χ1v) is 7.72. The zero-order chi connectivity index (χ0) is 14.3. The Balaban J connectivity index is 1.48. The second-order valence-corrected chi connectivity index (χ2v) is 6.38. The Morgan fingerprint density at radius 3 is 2.86 bits per heavy atom. The van der Waals surface area contributed by atoms with E-state index in [0.29, 0.717) is 11.3 Å². The Morgan fingerprint density at radius 2 is 2.05 bits per heavy atom.